The van der Waals surface area contributed by atoms with Crippen molar-refractivity contribution < 1.29 is 17.9 Å². The minimum Gasteiger partial charge on any atom is -0.381 e. The Balaban J connectivity index is 1.97. The summed E-state index contributed by atoms with van der Waals surface area (Å²) in [5, 5.41) is 2.38. The van der Waals surface area contributed by atoms with Gasteiger partial charge in [-0.2, -0.15) is 0 Å². The van der Waals surface area contributed by atoms with Crippen molar-refractivity contribution >= 4 is 15.9 Å². The van der Waals surface area contributed by atoms with E-state index in [0.717, 1.165) is 12.8 Å². The second kappa shape index (κ2) is 7.53. The first-order valence-corrected chi connectivity index (χ1v) is 9.10. The molecular weight excluding hydrogens is 294 g/mol. The maximum Gasteiger partial charge on any atom is 0.224 e. The highest BCUT2D eigenvalue weighted by Gasteiger charge is 2.37. The fraction of sp³-hybridized carbons (Fsp3) is 0.923. The molecule has 0 spiro atoms. The molecule has 0 aromatic carbocycles. The summed E-state index contributed by atoms with van der Waals surface area (Å²) in [5.74, 6) is -0.354. The number of nitrogens with one attached hydrogen (secondary N) is 1. The molecular formula is C13H25N3O4S. The summed E-state index contributed by atoms with van der Waals surface area (Å²) in [5.41, 5.74) is 5.37. The highest BCUT2D eigenvalue weighted by molar-refractivity contribution is 7.89. The second-order valence-corrected chi connectivity index (χ2v) is 7.85. The summed E-state index contributed by atoms with van der Waals surface area (Å²) in [4.78, 5) is 12.0. The second-order valence-electron chi connectivity index (χ2n) is 5.63. The van der Waals surface area contributed by atoms with Crippen molar-refractivity contribution in [2.24, 2.45) is 11.7 Å². The number of amides is 1. The summed E-state index contributed by atoms with van der Waals surface area (Å²) >= 11 is 0. The van der Waals surface area contributed by atoms with Gasteiger partial charge in [-0.1, -0.05) is 0 Å². The zero-order valence-electron chi connectivity index (χ0n) is 12.3. The van der Waals surface area contributed by atoms with E-state index in [0.29, 0.717) is 45.7 Å². The summed E-state index contributed by atoms with van der Waals surface area (Å²) in [6.07, 6.45) is 2.55. The van der Waals surface area contributed by atoms with Crippen molar-refractivity contribution in [1.29, 1.82) is 0 Å². The summed E-state index contributed by atoms with van der Waals surface area (Å²) in [6.45, 7) is 2.62. The van der Waals surface area contributed by atoms with Gasteiger partial charge < -0.3 is 15.8 Å². The maximum atomic E-state index is 12.6. The number of nitrogens with two attached hydrogens (primary N) is 1. The van der Waals surface area contributed by atoms with Crippen molar-refractivity contribution in [2.45, 2.75) is 30.9 Å². The fourth-order valence-electron chi connectivity index (χ4n) is 2.91. The Morgan fingerprint density at radius 1 is 1.29 bits per heavy atom. The molecule has 8 heteroatoms. The van der Waals surface area contributed by atoms with Crippen LogP contribution in [0, 0.1) is 5.92 Å². The molecule has 2 aliphatic rings. The fourth-order valence-corrected chi connectivity index (χ4v) is 4.89. The van der Waals surface area contributed by atoms with Crippen molar-refractivity contribution in [3.05, 3.63) is 0 Å². The van der Waals surface area contributed by atoms with Crippen LogP contribution in [-0.2, 0) is 19.6 Å². The van der Waals surface area contributed by atoms with E-state index in [9.17, 15) is 13.2 Å². The number of rotatable bonds is 5. The summed E-state index contributed by atoms with van der Waals surface area (Å²) < 4.78 is 32.0. The lowest BCUT2D eigenvalue weighted by Gasteiger charge is -2.34. The molecule has 0 aromatic heterocycles. The van der Waals surface area contributed by atoms with Gasteiger partial charge in [-0.05, 0) is 25.7 Å². The van der Waals surface area contributed by atoms with E-state index in [1.807, 2.05) is 0 Å². The Morgan fingerprint density at radius 3 is 2.67 bits per heavy atom. The normalized spacial score (nSPS) is 25.7. The van der Waals surface area contributed by atoms with Crippen LogP contribution in [0.5, 0.6) is 0 Å². The number of hydrogen-bond acceptors (Lipinski definition) is 5. The van der Waals surface area contributed by atoms with Gasteiger partial charge in [-0.25, -0.2) is 12.7 Å². The molecule has 2 heterocycles. The Labute approximate surface area is 126 Å². The van der Waals surface area contributed by atoms with Gasteiger partial charge in [0.1, 0.15) is 0 Å². The number of carbonyl (C=O) groups is 1. The first-order valence-electron chi connectivity index (χ1n) is 7.60. The van der Waals surface area contributed by atoms with Crippen LogP contribution in [0.2, 0.25) is 0 Å². The lowest BCUT2D eigenvalue weighted by molar-refractivity contribution is -0.126. The van der Waals surface area contributed by atoms with Gasteiger partial charge in [-0.15, -0.1) is 0 Å². The Bertz CT molecular complexity index is 448. The minimum absolute atomic E-state index is 0.0904. The van der Waals surface area contributed by atoms with Crippen LogP contribution in [0.15, 0.2) is 0 Å². The third-order valence-electron chi connectivity index (χ3n) is 4.15. The van der Waals surface area contributed by atoms with E-state index >= 15 is 0 Å². The summed E-state index contributed by atoms with van der Waals surface area (Å²) in [7, 11) is -3.32. The molecule has 0 saturated carbocycles. The molecule has 0 radical (unpaired) electrons. The molecule has 3 N–H and O–H groups in total. The van der Waals surface area contributed by atoms with Crippen LogP contribution in [0.3, 0.4) is 0 Å². The van der Waals surface area contributed by atoms with E-state index in [4.69, 9.17) is 10.5 Å². The van der Waals surface area contributed by atoms with Crippen LogP contribution in [0.4, 0.5) is 0 Å². The first kappa shape index (κ1) is 16.7. The molecule has 0 aliphatic carbocycles. The predicted octanol–water partition coefficient (Wildman–Crippen LogP) is -0.718. The lowest BCUT2D eigenvalue weighted by Crippen LogP contribution is -2.49. The van der Waals surface area contributed by atoms with E-state index in [-0.39, 0.29) is 23.6 Å². The number of sulfonamides is 1. The highest BCUT2D eigenvalue weighted by atomic mass is 32.2. The smallest absolute Gasteiger partial charge is 0.224 e. The molecule has 2 aliphatic heterocycles. The number of carbonyl (C=O) groups excluding carboxylic acids is 1. The van der Waals surface area contributed by atoms with Crippen molar-refractivity contribution in [3.8, 4) is 0 Å². The van der Waals surface area contributed by atoms with Gasteiger partial charge in [0.05, 0.1) is 11.2 Å². The quantitative estimate of drug-likeness (QED) is 0.696. The van der Waals surface area contributed by atoms with Gasteiger partial charge in [0.2, 0.25) is 15.9 Å². The van der Waals surface area contributed by atoms with Gasteiger partial charge in [0.25, 0.3) is 0 Å². The first-order chi connectivity index (χ1) is 10.1. The third kappa shape index (κ3) is 4.15. The molecule has 7 nitrogen and oxygen atoms in total. The van der Waals surface area contributed by atoms with E-state index in [1.54, 1.807) is 0 Å². The van der Waals surface area contributed by atoms with Crippen LogP contribution in [0.1, 0.15) is 25.7 Å². The molecule has 0 bridgehead atoms. The van der Waals surface area contributed by atoms with Crippen LogP contribution >= 0.6 is 0 Å². The van der Waals surface area contributed by atoms with Crippen molar-refractivity contribution in [2.75, 3.05) is 39.4 Å². The van der Waals surface area contributed by atoms with Gasteiger partial charge in [-0.3, -0.25) is 4.79 Å². The number of nitrogens with zero attached hydrogens (tertiary/aromatic N) is 1. The molecule has 1 amide bonds. The van der Waals surface area contributed by atoms with Crippen molar-refractivity contribution in [3.63, 3.8) is 0 Å². The van der Waals surface area contributed by atoms with E-state index < -0.39 is 10.0 Å². The van der Waals surface area contributed by atoms with Crippen LogP contribution < -0.4 is 11.1 Å². The average molecular weight is 319 g/mol. The standard InChI is InChI=1S/C13H25N3O4S/c14-5-6-15-13(17)11-2-1-7-16(10-11)21(18,19)12-3-8-20-9-4-12/h11-12H,1-10,14H2,(H,15,17). The SMILES string of the molecule is NCCNC(=O)C1CCCN(S(=O)(=O)C2CCOCC2)C1. The number of ether oxygens (including phenoxy) is 1. The van der Waals surface area contributed by atoms with Crippen LogP contribution in [-0.4, -0.2) is 63.3 Å². The zero-order chi connectivity index (χ0) is 15.3. The molecule has 122 valence electrons. The molecule has 21 heavy (non-hydrogen) atoms. The average Bonchev–Trinajstić information content (AvgIpc) is 2.53. The zero-order valence-corrected chi connectivity index (χ0v) is 13.1. The Kier molecular flexibility index (Phi) is 5.98. The van der Waals surface area contributed by atoms with Crippen molar-refractivity contribution in [1.82, 2.24) is 9.62 Å². The third-order valence-corrected chi connectivity index (χ3v) is 6.51. The van der Waals surface area contributed by atoms with Gasteiger partial charge in [0.15, 0.2) is 0 Å². The van der Waals surface area contributed by atoms with Gasteiger partial charge in [0, 0.05) is 39.4 Å². The Morgan fingerprint density at radius 2 is 2.00 bits per heavy atom. The topological polar surface area (TPSA) is 102 Å². The largest absolute Gasteiger partial charge is 0.381 e. The molecule has 2 fully saturated rings. The monoisotopic (exact) mass is 319 g/mol. The van der Waals surface area contributed by atoms with E-state index in [2.05, 4.69) is 5.32 Å². The van der Waals surface area contributed by atoms with E-state index in [1.165, 1.54) is 4.31 Å². The lowest BCUT2D eigenvalue weighted by atomic mass is 9.99. The molecule has 2 rings (SSSR count). The molecule has 0 aromatic rings. The Hall–Kier alpha value is -0.700. The predicted molar refractivity (Wildman–Crippen MR) is 79.1 cm³/mol. The number of hydrogen-bond donors (Lipinski definition) is 2. The summed E-state index contributed by atoms with van der Waals surface area (Å²) in [6, 6.07) is 0. The highest BCUT2D eigenvalue weighted by Crippen LogP contribution is 2.25. The maximum absolute atomic E-state index is 12.6. The molecule has 1 atom stereocenters. The number of piperidine rings is 1. The minimum atomic E-state index is -3.32. The molecule has 2 saturated heterocycles. The van der Waals surface area contributed by atoms with Gasteiger partial charge >= 0.3 is 0 Å². The molecule has 1 unspecified atom stereocenters. The van der Waals surface area contributed by atoms with Crippen LogP contribution in [0.25, 0.3) is 0 Å².